The lowest BCUT2D eigenvalue weighted by molar-refractivity contribution is 0.193. The van der Waals surface area contributed by atoms with Crippen LogP contribution in [0.4, 0.5) is 0 Å². The van der Waals surface area contributed by atoms with E-state index in [0.717, 1.165) is 19.4 Å². The van der Waals surface area contributed by atoms with Crippen LogP contribution in [0.25, 0.3) is 0 Å². The summed E-state index contributed by atoms with van der Waals surface area (Å²) in [6, 6.07) is 9.10. The van der Waals surface area contributed by atoms with Gasteiger partial charge in [0.1, 0.15) is 0 Å². The van der Waals surface area contributed by atoms with Crippen molar-refractivity contribution in [1.82, 2.24) is 14.7 Å². The monoisotopic (exact) mass is 284 g/mol. The van der Waals surface area contributed by atoms with E-state index in [1.165, 1.54) is 23.1 Å². The van der Waals surface area contributed by atoms with Crippen molar-refractivity contribution in [3.63, 3.8) is 0 Å². The summed E-state index contributed by atoms with van der Waals surface area (Å²) in [4.78, 5) is 2.38. The van der Waals surface area contributed by atoms with Gasteiger partial charge in [-0.15, -0.1) is 0 Å². The van der Waals surface area contributed by atoms with Crippen LogP contribution in [-0.2, 0) is 20.0 Å². The van der Waals surface area contributed by atoms with Crippen LogP contribution < -0.4 is 5.73 Å². The molecule has 21 heavy (non-hydrogen) atoms. The van der Waals surface area contributed by atoms with Gasteiger partial charge in [0.25, 0.3) is 0 Å². The summed E-state index contributed by atoms with van der Waals surface area (Å²) in [6.45, 7) is 0.897. The van der Waals surface area contributed by atoms with Crippen molar-refractivity contribution in [2.24, 2.45) is 12.8 Å². The highest BCUT2D eigenvalue weighted by Gasteiger charge is 2.27. The fraction of sp³-hybridized carbons (Fsp3) is 0.471. The third-order valence-electron chi connectivity index (χ3n) is 4.53. The van der Waals surface area contributed by atoms with E-state index < -0.39 is 0 Å². The topological polar surface area (TPSA) is 47.1 Å². The molecule has 0 amide bonds. The number of nitrogens with zero attached hydrogens (tertiary/aromatic N) is 3. The highest BCUT2D eigenvalue weighted by molar-refractivity contribution is 5.32. The fourth-order valence-corrected chi connectivity index (χ4v) is 3.43. The van der Waals surface area contributed by atoms with E-state index >= 15 is 0 Å². The molecule has 0 saturated heterocycles. The summed E-state index contributed by atoms with van der Waals surface area (Å²) in [5.41, 5.74) is 10.6. The number of fused-ring (bicyclic) bond motifs is 1. The van der Waals surface area contributed by atoms with Gasteiger partial charge in [0, 0.05) is 37.4 Å². The first-order valence-corrected chi connectivity index (χ1v) is 7.66. The van der Waals surface area contributed by atoms with Gasteiger partial charge < -0.3 is 5.73 Å². The van der Waals surface area contributed by atoms with E-state index in [2.05, 4.69) is 47.5 Å². The number of likely N-dealkylation sites (N-methyl/N-ethyl adjacent to an activating group) is 1. The van der Waals surface area contributed by atoms with E-state index in [0.29, 0.717) is 6.04 Å². The van der Waals surface area contributed by atoms with Crippen LogP contribution in [0.3, 0.4) is 0 Å². The molecule has 112 valence electrons. The Labute approximate surface area is 126 Å². The first-order chi connectivity index (χ1) is 10.1. The first kappa shape index (κ1) is 14.3. The molecule has 2 unspecified atom stereocenters. The SMILES string of the molecule is CN(Cc1cnn(C)c1)C1CCCc2ccccc2C1N. The first-order valence-electron chi connectivity index (χ1n) is 7.66. The zero-order valence-electron chi connectivity index (χ0n) is 12.9. The minimum absolute atomic E-state index is 0.0883. The van der Waals surface area contributed by atoms with Gasteiger partial charge in [0.15, 0.2) is 0 Å². The number of benzene rings is 1. The maximum Gasteiger partial charge on any atom is 0.0534 e. The Morgan fingerprint density at radius 3 is 2.95 bits per heavy atom. The molecular formula is C17H24N4. The normalized spacial score (nSPS) is 22.1. The average molecular weight is 284 g/mol. The van der Waals surface area contributed by atoms with Crippen LogP contribution in [0.1, 0.15) is 35.6 Å². The Balaban J connectivity index is 1.78. The molecule has 0 saturated carbocycles. The van der Waals surface area contributed by atoms with Crippen molar-refractivity contribution in [2.45, 2.75) is 37.9 Å². The maximum absolute atomic E-state index is 6.59. The number of hydrogen-bond acceptors (Lipinski definition) is 3. The molecule has 1 heterocycles. The van der Waals surface area contributed by atoms with Crippen LogP contribution in [-0.4, -0.2) is 27.8 Å². The molecule has 0 radical (unpaired) electrons. The summed E-state index contributed by atoms with van der Waals surface area (Å²) < 4.78 is 1.85. The highest BCUT2D eigenvalue weighted by atomic mass is 15.2. The van der Waals surface area contributed by atoms with E-state index in [-0.39, 0.29) is 6.04 Å². The molecule has 1 aromatic heterocycles. The van der Waals surface area contributed by atoms with Crippen molar-refractivity contribution in [1.29, 1.82) is 0 Å². The van der Waals surface area contributed by atoms with E-state index in [4.69, 9.17) is 5.73 Å². The molecule has 1 aliphatic rings. The van der Waals surface area contributed by atoms with Crippen molar-refractivity contribution < 1.29 is 0 Å². The summed E-state index contributed by atoms with van der Waals surface area (Å²) >= 11 is 0. The Morgan fingerprint density at radius 2 is 2.19 bits per heavy atom. The molecule has 2 N–H and O–H groups in total. The van der Waals surface area contributed by atoms with E-state index in [9.17, 15) is 0 Å². The molecule has 0 bridgehead atoms. The third kappa shape index (κ3) is 3.01. The van der Waals surface area contributed by atoms with Crippen molar-refractivity contribution in [3.8, 4) is 0 Å². The van der Waals surface area contributed by atoms with Gasteiger partial charge in [-0.1, -0.05) is 24.3 Å². The van der Waals surface area contributed by atoms with Gasteiger partial charge in [0.2, 0.25) is 0 Å². The predicted molar refractivity (Wildman–Crippen MR) is 84.8 cm³/mol. The van der Waals surface area contributed by atoms with Gasteiger partial charge in [-0.3, -0.25) is 9.58 Å². The largest absolute Gasteiger partial charge is 0.323 e. The van der Waals surface area contributed by atoms with Crippen LogP contribution in [0.5, 0.6) is 0 Å². The lowest BCUT2D eigenvalue weighted by Gasteiger charge is -2.32. The molecule has 0 spiro atoms. The van der Waals surface area contributed by atoms with Crippen LogP contribution in [0, 0.1) is 0 Å². The van der Waals surface area contributed by atoms with Crippen molar-refractivity contribution in [3.05, 3.63) is 53.3 Å². The Bertz CT molecular complexity index is 604. The van der Waals surface area contributed by atoms with Gasteiger partial charge in [-0.2, -0.15) is 5.10 Å². The van der Waals surface area contributed by atoms with E-state index in [1.807, 2.05) is 17.9 Å². The lowest BCUT2D eigenvalue weighted by Crippen LogP contribution is -2.39. The molecule has 3 rings (SSSR count). The molecule has 1 aromatic carbocycles. The summed E-state index contributed by atoms with van der Waals surface area (Å²) in [5, 5.41) is 4.25. The standard InChI is InChI=1S/C17H24N4/c1-20(11-13-10-19-21(2)12-13)16-9-5-7-14-6-3-4-8-15(14)17(16)18/h3-4,6,8,10,12,16-17H,5,7,9,11,18H2,1-2H3. The predicted octanol–water partition coefficient (Wildman–Crippen LogP) is 2.26. The Kier molecular flexibility index (Phi) is 4.08. The number of rotatable bonds is 3. The van der Waals surface area contributed by atoms with Gasteiger partial charge in [-0.25, -0.2) is 0 Å². The van der Waals surface area contributed by atoms with Crippen molar-refractivity contribution in [2.75, 3.05) is 7.05 Å². The summed E-state index contributed by atoms with van der Waals surface area (Å²) in [5.74, 6) is 0. The minimum atomic E-state index is 0.0883. The fourth-order valence-electron chi connectivity index (χ4n) is 3.43. The number of nitrogens with two attached hydrogens (primary N) is 1. The van der Waals surface area contributed by atoms with Crippen LogP contribution in [0.2, 0.25) is 0 Å². The number of hydrogen-bond donors (Lipinski definition) is 1. The second-order valence-corrected chi connectivity index (χ2v) is 6.12. The molecule has 2 aromatic rings. The summed E-state index contributed by atoms with van der Waals surface area (Å²) in [7, 11) is 4.13. The van der Waals surface area contributed by atoms with Crippen LogP contribution in [0.15, 0.2) is 36.7 Å². The number of aromatic nitrogens is 2. The minimum Gasteiger partial charge on any atom is -0.323 e. The van der Waals surface area contributed by atoms with Crippen LogP contribution >= 0.6 is 0 Å². The Morgan fingerprint density at radius 1 is 1.38 bits per heavy atom. The highest BCUT2D eigenvalue weighted by Crippen LogP contribution is 2.30. The maximum atomic E-state index is 6.59. The molecule has 2 atom stereocenters. The quantitative estimate of drug-likeness (QED) is 0.880. The molecule has 4 heteroatoms. The van der Waals surface area contributed by atoms with E-state index in [1.54, 1.807) is 0 Å². The zero-order chi connectivity index (χ0) is 14.8. The summed E-state index contributed by atoms with van der Waals surface area (Å²) in [6.07, 6.45) is 7.50. The second-order valence-electron chi connectivity index (χ2n) is 6.12. The molecule has 0 fully saturated rings. The van der Waals surface area contributed by atoms with Gasteiger partial charge in [-0.05, 0) is 37.4 Å². The molecular weight excluding hydrogens is 260 g/mol. The zero-order valence-corrected chi connectivity index (χ0v) is 12.9. The van der Waals surface area contributed by atoms with Crippen molar-refractivity contribution >= 4 is 0 Å². The smallest absolute Gasteiger partial charge is 0.0534 e. The molecule has 1 aliphatic carbocycles. The number of aryl methyl sites for hydroxylation is 2. The van der Waals surface area contributed by atoms with Gasteiger partial charge in [0.05, 0.1) is 6.20 Å². The molecule has 0 aliphatic heterocycles. The second kappa shape index (κ2) is 6.00. The molecule has 4 nitrogen and oxygen atoms in total. The average Bonchev–Trinajstić information content (AvgIpc) is 2.80. The lowest BCUT2D eigenvalue weighted by atomic mass is 9.96. The van der Waals surface area contributed by atoms with Gasteiger partial charge >= 0.3 is 0 Å². The third-order valence-corrected chi connectivity index (χ3v) is 4.53. The Hall–Kier alpha value is -1.65.